The van der Waals surface area contributed by atoms with Crippen molar-refractivity contribution in [1.82, 2.24) is 19.7 Å². The predicted octanol–water partition coefficient (Wildman–Crippen LogP) is 2.16. The van der Waals surface area contributed by atoms with Crippen LogP contribution in [0.25, 0.3) is 0 Å². The molecule has 96 valence electrons. The first-order chi connectivity index (χ1) is 8.58. The largest absolute Gasteiger partial charge is 0.373 e. The third-order valence-electron chi connectivity index (χ3n) is 2.46. The van der Waals surface area contributed by atoms with Crippen LogP contribution in [0.2, 0.25) is 0 Å². The van der Waals surface area contributed by atoms with E-state index >= 15 is 0 Å². The quantitative estimate of drug-likeness (QED) is 0.857. The summed E-state index contributed by atoms with van der Waals surface area (Å²) in [4.78, 5) is 8.86. The van der Waals surface area contributed by atoms with Gasteiger partial charge in [-0.25, -0.2) is 9.97 Å². The third kappa shape index (κ3) is 3.01. The molecule has 0 atom stereocenters. The predicted molar refractivity (Wildman–Crippen MR) is 73.8 cm³/mol. The van der Waals surface area contributed by atoms with E-state index in [1.165, 1.54) is 0 Å². The summed E-state index contributed by atoms with van der Waals surface area (Å²) < 4.78 is 1.88. The van der Waals surface area contributed by atoms with Crippen LogP contribution < -0.4 is 5.32 Å². The molecule has 0 radical (unpaired) electrons. The lowest BCUT2D eigenvalue weighted by Gasteiger charge is -2.05. The van der Waals surface area contributed by atoms with Gasteiger partial charge < -0.3 is 5.32 Å². The Labute approximate surface area is 111 Å². The Morgan fingerprint density at radius 3 is 2.61 bits per heavy atom. The van der Waals surface area contributed by atoms with Crippen molar-refractivity contribution in [3.63, 3.8) is 0 Å². The minimum atomic E-state index is 0.745. The SMILES string of the molecule is CNc1cc(C)nc(CSc2cc(C)nn2C)n1. The van der Waals surface area contributed by atoms with E-state index in [0.29, 0.717) is 0 Å². The van der Waals surface area contributed by atoms with Gasteiger partial charge in [0.25, 0.3) is 0 Å². The van der Waals surface area contributed by atoms with Crippen LogP contribution in [0.15, 0.2) is 17.2 Å². The number of hydrogen-bond donors (Lipinski definition) is 1. The molecule has 0 aliphatic heterocycles. The van der Waals surface area contributed by atoms with Crippen LogP contribution in [0.1, 0.15) is 17.2 Å². The van der Waals surface area contributed by atoms with Crippen molar-refractivity contribution in [3.8, 4) is 0 Å². The number of hydrogen-bond acceptors (Lipinski definition) is 5. The first-order valence-electron chi connectivity index (χ1n) is 5.74. The zero-order valence-corrected chi connectivity index (χ0v) is 11.9. The average Bonchev–Trinajstić information content (AvgIpc) is 2.64. The smallest absolute Gasteiger partial charge is 0.141 e. The Morgan fingerprint density at radius 2 is 2.00 bits per heavy atom. The van der Waals surface area contributed by atoms with Crippen LogP contribution in [0.5, 0.6) is 0 Å². The summed E-state index contributed by atoms with van der Waals surface area (Å²) in [5.41, 5.74) is 2.01. The number of aryl methyl sites for hydroxylation is 3. The lowest BCUT2D eigenvalue weighted by atomic mass is 10.4. The van der Waals surface area contributed by atoms with Gasteiger partial charge >= 0.3 is 0 Å². The molecule has 5 nitrogen and oxygen atoms in total. The molecule has 2 aromatic rings. The van der Waals surface area contributed by atoms with Crippen molar-refractivity contribution >= 4 is 17.6 Å². The fourth-order valence-corrected chi connectivity index (χ4v) is 2.57. The van der Waals surface area contributed by atoms with Gasteiger partial charge in [-0.3, -0.25) is 4.68 Å². The molecule has 2 aromatic heterocycles. The third-order valence-corrected chi connectivity index (χ3v) is 3.55. The maximum absolute atomic E-state index is 4.43. The summed E-state index contributed by atoms with van der Waals surface area (Å²) in [6.07, 6.45) is 0. The van der Waals surface area contributed by atoms with Crippen LogP contribution in [0, 0.1) is 13.8 Å². The molecule has 0 bridgehead atoms. The second-order valence-corrected chi connectivity index (χ2v) is 5.09. The number of nitrogens with zero attached hydrogens (tertiary/aromatic N) is 4. The molecule has 0 spiro atoms. The van der Waals surface area contributed by atoms with Crippen LogP contribution in [0.3, 0.4) is 0 Å². The van der Waals surface area contributed by atoms with Crippen LogP contribution in [0.4, 0.5) is 5.82 Å². The number of rotatable bonds is 4. The van der Waals surface area contributed by atoms with Crippen molar-refractivity contribution < 1.29 is 0 Å². The molecular formula is C12H17N5S. The molecule has 0 saturated heterocycles. The molecule has 0 unspecified atom stereocenters. The van der Waals surface area contributed by atoms with Gasteiger partial charge in [0, 0.05) is 25.9 Å². The second kappa shape index (κ2) is 5.39. The highest BCUT2D eigenvalue weighted by Gasteiger charge is 2.06. The zero-order chi connectivity index (χ0) is 13.1. The summed E-state index contributed by atoms with van der Waals surface area (Å²) in [5, 5.41) is 8.49. The molecular weight excluding hydrogens is 246 g/mol. The average molecular weight is 263 g/mol. The van der Waals surface area contributed by atoms with Crippen molar-refractivity contribution in [2.75, 3.05) is 12.4 Å². The maximum Gasteiger partial charge on any atom is 0.141 e. The van der Waals surface area contributed by atoms with Gasteiger partial charge in [0.15, 0.2) is 0 Å². The monoisotopic (exact) mass is 263 g/mol. The minimum Gasteiger partial charge on any atom is -0.373 e. The number of thioether (sulfide) groups is 1. The lowest BCUT2D eigenvalue weighted by molar-refractivity contribution is 0.692. The first-order valence-corrected chi connectivity index (χ1v) is 6.73. The fourth-order valence-electron chi connectivity index (χ4n) is 1.68. The molecule has 18 heavy (non-hydrogen) atoms. The Morgan fingerprint density at radius 1 is 1.22 bits per heavy atom. The van der Waals surface area contributed by atoms with E-state index in [0.717, 1.165) is 33.8 Å². The molecule has 0 aliphatic carbocycles. The highest BCUT2D eigenvalue weighted by molar-refractivity contribution is 7.98. The molecule has 0 aliphatic rings. The molecule has 0 amide bonds. The molecule has 1 N–H and O–H groups in total. The van der Waals surface area contributed by atoms with E-state index in [2.05, 4.69) is 26.4 Å². The summed E-state index contributed by atoms with van der Waals surface area (Å²) in [5.74, 6) is 2.44. The molecule has 2 heterocycles. The van der Waals surface area contributed by atoms with E-state index in [4.69, 9.17) is 0 Å². The lowest BCUT2D eigenvalue weighted by Crippen LogP contribution is -2.01. The van der Waals surface area contributed by atoms with Crippen LogP contribution >= 0.6 is 11.8 Å². The van der Waals surface area contributed by atoms with Gasteiger partial charge in [-0.15, -0.1) is 0 Å². The molecule has 6 heteroatoms. The number of aromatic nitrogens is 4. The number of nitrogens with one attached hydrogen (secondary N) is 1. The van der Waals surface area contributed by atoms with Crippen molar-refractivity contribution in [3.05, 3.63) is 29.3 Å². The van der Waals surface area contributed by atoms with Crippen molar-refractivity contribution in [2.45, 2.75) is 24.6 Å². The molecule has 0 fully saturated rings. The van der Waals surface area contributed by atoms with Gasteiger partial charge in [-0.1, -0.05) is 11.8 Å². The highest BCUT2D eigenvalue weighted by Crippen LogP contribution is 2.22. The Balaban J connectivity index is 2.10. The summed E-state index contributed by atoms with van der Waals surface area (Å²) in [6, 6.07) is 4.00. The second-order valence-electron chi connectivity index (χ2n) is 4.10. The van der Waals surface area contributed by atoms with Gasteiger partial charge in [0.2, 0.25) is 0 Å². The fraction of sp³-hybridized carbons (Fsp3) is 0.417. The van der Waals surface area contributed by atoms with Gasteiger partial charge in [0.05, 0.1) is 16.5 Å². The van der Waals surface area contributed by atoms with Crippen molar-refractivity contribution in [2.24, 2.45) is 7.05 Å². The van der Waals surface area contributed by atoms with E-state index in [-0.39, 0.29) is 0 Å². The Hall–Kier alpha value is -1.56. The Kier molecular flexibility index (Phi) is 3.86. The molecule has 0 aromatic carbocycles. The summed E-state index contributed by atoms with van der Waals surface area (Å²) >= 11 is 1.70. The zero-order valence-electron chi connectivity index (χ0n) is 11.1. The standard InChI is InChI=1S/C12H17N5S/c1-8-5-10(13-3)15-11(14-8)7-18-12-6-9(2)16-17(12)4/h5-6H,7H2,1-4H3,(H,13,14,15). The van der Waals surface area contributed by atoms with E-state index in [1.807, 2.05) is 38.7 Å². The summed E-state index contributed by atoms with van der Waals surface area (Å²) in [7, 11) is 3.81. The molecule has 2 rings (SSSR count). The topological polar surface area (TPSA) is 55.6 Å². The number of anilines is 1. The van der Waals surface area contributed by atoms with Crippen LogP contribution in [-0.2, 0) is 12.8 Å². The summed E-state index contributed by atoms with van der Waals surface area (Å²) in [6.45, 7) is 3.97. The Bertz CT molecular complexity index is 549. The van der Waals surface area contributed by atoms with E-state index in [9.17, 15) is 0 Å². The molecule has 0 saturated carbocycles. The maximum atomic E-state index is 4.43. The first kappa shape index (κ1) is 12.9. The van der Waals surface area contributed by atoms with Gasteiger partial charge in [0.1, 0.15) is 11.6 Å². The minimum absolute atomic E-state index is 0.745. The van der Waals surface area contributed by atoms with Crippen molar-refractivity contribution in [1.29, 1.82) is 0 Å². The van der Waals surface area contributed by atoms with E-state index < -0.39 is 0 Å². The highest BCUT2D eigenvalue weighted by atomic mass is 32.2. The normalized spacial score (nSPS) is 10.7. The van der Waals surface area contributed by atoms with Gasteiger partial charge in [-0.05, 0) is 19.9 Å². The van der Waals surface area contributed by atoms with Gasteiger partial charge in [-0.2, -0.15) is 5.10 Å². The van der Waals surface area contributed by atoms with Crippen LogP contribution in [-0.4, -0.2) is 26.8 Å². The van der Waals surface area contributed by atoms with E-state index in [1.54, 1.807) is 11.8 Å².